The Kier molecular flexibility index (Phi) is 7.11. The van der Waals surface area contributed by atoms with Gasteiger partial charge in [0.2, 0.25) is 5.89 Å². The lowest BCUT2D eigenvalue weighted by Crippen LogP contribution is -2.45. The zero-order chi connectivity index (χ0) is 20.8. The number of benzene rings is 1. The van der Waals surface area contributed by atoms with Crippen molar-refractivity contribution in [1.82, 2.24) is 19.7 Å². The highest BCUT2D eigenvalue weighted by Gasteiger charge is 2.22. The number of phenolic OH excluding ortho intramolecular Hbond substituents is 1. The van der Waals surface area contributed by atoms with Crippen LogP contribution in [0.25, 0.3) is 0 Å². The van der Waals surface area contributed by atoms with E-state index in [0.29, 0.717) is 37.0 Å². The number of piperazine rings is 1. The zero-order valence-corrected chi connectivity index (χ0v) is 17.4. The van der Waals surface area contributed by atoms with Gasteiger partial charge in [-0.3, -0.25) is 14.6 Å². The van der Waals surface area contributed by atoms with E-state index in [-0.39, 0.29) is 11.7 Å². The molecule has 2 heterocycles. The summed E-state index contributed by atoms with van der Waals surface area (Å²) >= 11 is 0. The summed E-state index contributed by atoms with van der Waals surface area (Å²) < 4.78 is 10.7. The van der Waals surface area contributed by atoms with Crippen molar-refractivity contribution in [1.29, 1.82) is 0 Å². The maximum absolute atomic E-state index is 12.3. The predicted octanol–water partition coefficient (Wildman–Crippen LogP) is 2.19. The van der Waals surface area contributed by atoms with Crippen LogP contribution < -0.4 is 4.74 Å². The topological polar surface area (TPSA) is 82.3 Å². The summed E-state index contributed by atoms with van der Waals surface area (Å²) in [5, 5.41) is 10.3. The molecule has 0 radical (unpaired) electrons. The molecule has 158 valence electrons. The number of amides is 1. The SMILES string of the molecule is CCCN(C)C(=O)c1coc(CN2CCN(Cc3cccc(OC)c3O)CC2)n1. The minimum Gasteiger partial charge on any atom is -0.504 e. The summed E-state index contributed by atoms with van der Waals surface area (Å²) in [4.78, 5) is 22.9. The highest BCUT2D eigenvalue weighted by Crippen LogP contribution is 2.30. The van der Waals surface area contributed by atoms with Crippen molar-refractivity contribution >= 4 is 5.91 Å². The summed E-state index contributed by atoms with van der Waals surface area (Å²) in [5.74, 6) is 1.17. The molecule has 1 aliphatic rings. The van der Waals surface area contributed by atoms with Crippen LogP contribution in [0.2, 0.25) is 0 Å². The van der Waals surface area contributed by atoms with Gasteiger partial charge in [-0.05, 0) is 12.5 Å². The molecule has 1 amide bonds. The van der Waals surface area contributed by atoms with Crippen molar-refractivity contribution in [3.8, 4) is 11.5 Å². The molecule has 0 unspecified atom stereocenters. The quantitative estimate of drug-likeness (QED) is 0.725. The molecule has 1 aromatic carbocycles. The Hall–Kier alpha value is -2.58. The minimum absolute atomic E-state index is 0.107. The van der Waals surface area contributed by atoms with E-state index in [1.807, 2.05) is 19.1 Å². The van der Waals surface area contributed by atoms with Crippen LogP contribution >= 0.6 is 0 Å². The van der Waals surface area contributed by atoms with Gasteiger partial charge in [-0.2, -0.15) is 0 Å². The van der Waals surface area contributed by atoms with Crippen LogP contribution in [0.3, 0.4) is 0 Å². The van der Waals surface area contributed by atoms with Crippen molar-refractivity contribution in [2.75, 3.05) is 46.9 Å². The molecular formula is C21H30N4O4. The number of para-hydroxylation sites is 1. The second-order valence-electron chi connectivity index (χ2n) is 7.37. The lowest BCUT2D eigenvalue weighted by atomic mass is 10.1. The summed E-state index contributed by atoms with van der Waals surface area (Å²) in [6.07, 6.45) is 2.36. The van der Waals surface area contributed by atoms with Gasteiger partial charge in [0.15, 0.2) is 17.2 Å². The number of aromatic nitrogens is 1. The number of methoxy groups -OCH3 is 1. The van der Waals surface area contributed by atoms with Gasteiger partial charge >= 0.3 is 0 Å². The van der Waals surface area contributed by atoms with Gasteiger partial charge in [0.05, 0.1) is 13.7 Å². The first kappa shape index (κ1) is 21.1. The van der Waals surface area contributed by atoms with Crippen LogP contribution in [0.15, 0.2) is 28.9 Å². The average molecular weight is 402 g/mol. The van der Waals surface area contributed by atoms with Crippen molar-refractivity contribution in [2.24, 2.45) is 0 Å². The third-order valence-corrected chi connectivity index (χ3v) is 5.20. The standard InChI is InChI=1S/C21H30N4O4/c1-4-8-23(2)21(27)17-15-29-19(22-17)14-25-11-9-24(10-12-25)13-16-6-5-7-18(28-3)20(16)26/h5-7,15,26H,4,8-14H2,1-3H3. The fourth-order valence-electron chi connectivity index (χ4n) is 3.51. The summed E-state index contributed by atoms with van der Waals surface area (Å²) in [6.45, 7) is 7.49. The van der Waals surface area contributed by atoms with E-state index < -0.39 is 0 Å². The number of oxazole rings is 1. The first-order valence-corrected chi connectivity index (χ1v) is 10.0. The molecule has 1 aliphatic heterocycles. The van der Waals surface area contributed by atoms with E-state index in [9.17, 15) is 9.90 Å². The van der Waals surface area contributed by atoms with Gasteiger partial charge in [0.1, 0.15) is 6.26 Å². The Labute approximate surface area is 171 Å². The van der Waals surface area contributed by atoms with Crippen LogP contribution in [-0.2, 0) is 13.1 Å². The van der Waals surface area contributed by atoms with Gasteiger partial charge in [0.25, 0.3) is 5.91 Å². The van der Waals surface area contributed by atoms with Crippen LogP contribution in [0, 0.1) is 0 Å². The molecule has 0 saturated carbocycles. The van der Waals surface area contributed by atoms with E-state index in [2.05, 4.69) is 14.8 Å². The highest BCUT2D eigenvalue weighted by atomic mass is 16.5. The molecule has 29 heavy (non-hydrogen) atoms. The number of hydrogen-bond acceptors (Lipinski definition) is 7. The maximum atomic E-state index is 12.3. The van der Waals surface area contributed by atoms with Gasteiger partial charge in [-0.15, -0.1) is 0 Å². The third kappa shape index (κ3) is 5.27. The van der Waals surface area contributed by atoms with Crippen LogP contribution in [0.1, 0.15) is 35.3 Å². The maximum Gasteiger partial charge on any atom is 0.275 e. The van der Waals surface area contributed by atoms with Gasteiger partial charge in [0, 0.05) is 51.9 Å². The summed E-state index contributed by atoms with van der Waals surface area (Å²) in [5.41, 5.74) is 1.23. The Morgan fingerprint density at radius 2 is 1.93 bits per heavy atom. The number of phenols is 1. The van der Waals surface area contributed by atoms with Crippen molar-refractivity contribution in [2.45, 2.75) is 26.4 Å². The number of carbonyl (C=O) groups is 1. The number of hydrogen-bond donors (Lipinski definition) is 1. The number of nitrogens with zero attached hydrogens (tertiary/aromatic N) is 4. The summed E-state index contributed by atoms with van der Waals surface area (Å²) in [6, 6.07) is 5.57. The number of aromatic hydroxyl groups is 1. The molecule has 1 fully saturated rings. The van der Waals surface area contributed by atoms with Crippen molar-refractivity contribution in [3.05, 3.63) is 41.6 Å². The molecule has 0 bridgehead atoms. The predicted molar refractivity (Wildman–Crippen MR) is 109 cm³/mol. The number of rotatable bonds is 8. The molecule has 1 N–H and O–H groups in total. The lowest BCUT2D eigenvalue weighted by Gasteiger charge is -2.34. The van der Waals surface area contributed by atoms with Crippen molar-refractivity contribution < 1.29 is 19.1 Å². The van der Waals surface area contributed by atoms with Gasteiger partial charge < -0.3 is 19.2 Å². The van der Waals surface area contributed by atoms with E-state index in [0.717, 1.165) is 38.2 Å². The molecule has 1 saturated heterocycles. The fourth-order valence-corrected chi connectivity index (χ4v) is 3.51. The number of carbonyl (C=O) groups excluding carboxylic acids is 1. The summed E-state index contributed by atoms with van der Waals surface area (Å²) in [7, 11) is 3.33. The molecule has 2 aromatic rings. The Morgan fingerprint density at radius 1 is 1.24 bits per heavy atom. The van der Waals surface area contributed by atoms with E-state index in [1.165, 1.54) is 6.26 Å². The molecule has 0 aliphatic carbocycles. The molecular weight excluding hydrogens is 372 g/mol. The van der Waals surface area contributed by atoms with E-state index >= 15 is 0 Å². The Morgan fingerprint density at radius 3 is 2.59 bits per heavy atom. The first-order valence-electron chi connectivity index (χ1n) is 10.0. The zero-order valence-electron chi connectivity index (χ0n) is 17.4. The molecule has 8 nitrogen and oxygen atoms in total. The van der Waals surface area contributed by atoms with Gasteiger partial charge in [-0.1, -0.05) is 19.1 Å². The van der Waals surface area contributed by atoms with E-state index in [4.69, 9.17) is 9.15 Å². The molecule has 8 heteroatoms. The van der Waals surface area contributed by atoms with Crippen LogP contribution in [-0.4, -0.2) is 77.6 Å². The van der Waals surface area contributed by atoms with Crippen LogP contribution in [0.4, 0.5) is 0 Å². The minimum atomic E-state index is -0.107. The number of ether oxygens (including phenoxy) is 1. The molecule has 3 rings (SSSR count). The monoisotopic (exact) mass is 402 g/mol. The Bertz CT molecular complexity index is 815. The average Bonchev–Trinajstić information content (AvgIpc) is 3.19. The highest BCUT2D eigenvalue weighted by molar-refractivity contribution is 5.91. The smallest absolute Gasteiger partial charge is 0.275 e. The van der Waals surface area contributed by atoms with Crippen LogP contribution in [0.5, 0.6) is 11.5 Å². The van der Waals surface area contributed by atoms with Gasteiger partial charge in [-0.25, -0.2) is 4.98 Å². The van der Waals surface area contributed by atoms with Crippen molar-refractivity contribution in [3.63, 3.8) is 0 Å². The lowest BCUT2D eigenvalue weighted by molar-refractivity contribution is 0.0789. The normalized spacial score (nSPS) is 15.4. The third-order valence-electron chi connectivity index (χ3n) is 5.20. The fraction of sp³-hybridized carbons (Fsp3) is 0.524. The Balaban J connectivity index is 1.50. The second kappa shape index (κ2) is 9.76. The molecule has 1 aromatic heterocycles. The largest absolute Gasteiger partial charge is 0.504 e. The second-order valence-corrected chi connectivity index (χ2v) is 7.37. The first-order chi connectivity index (χ1) is 14.0. The molecule has 0 spiro atoms. The van der Waals surface area contributed by atoms with E-state index in [1.54, 1.807) is 25.1 Å². The molecule has 0 atom stereocenters.